The number of pyridine rings is 1. The lowest BCUT2D eigenvalue weighted by Crippen LogP contribution is -2.27. The van der Waals surface area contributed by atoms with Crippen LogP contribution in [0.15, 0.2) is 18.3 Å². The van der Waals surface area contributed by atoms with Gasteiger partial charge in [0, 0.05) is 24.6 Å². The third-order valence-corrected chi connectivity index (χ3v) is 2.26. The second-order valence-corrected chi connectivity index (χ2v) is 3.47. The van der Waals surface area contributed by atoms with Gasteiger partial charge in [-0.25, -0.2) is 4.98 Å². The number of hydrogen-bond donors (Lipinski definition) is 2. The lowest BCUT2D eigenvalue weighted by atomic mass is 10.2. The average molecular weight is 207 g/mol. The minimum atomic E-state index is -0.340. The quantitative estimate of drug-likeness (QED) is 0.751. The SMILES string of the molecule is Nc1ccnc(NC(=O)C2CCCO2)c1. The highest BCUT2D eigenvalue weighted by atomic mass is 16.5. The minimum Gasteiger partial charge on any atom is -0.399 e. The van der Waals surface area contributed by atoms with Crippen LogP contribution >= 0.6 is 0 Å². The zero-order valence-electron chi connectivity index (χ0n) is 8.27. The number of carbonyl (C=O) groups is 1. The van der Waals surface area contributed by atoms with E-state index in [-0.39, 0.29) is 12.0 Å². The lowest BCUT2D eigenvalue weighted by molar-refractivity contribution is -0.124. The molecule has 2 rings (SSSR count). The Morgan fingerprint density at radius 3 is 3.20 bits per heavy atom. The monoisotopic (exact) mass is 207 g/mol. The molecule has 1 aromatic heterocycles. The van der Waals surface area contributed by atoms with E-state index in [1.54, 1.807) is 18.3 Å². The van der Waals surface area contributed by atoms with Gasteiger partial charge in [0.2, 0.25) is 0 Å². The summed E-state index contributed by atoms with van der Waals surface area (Å²) in [6.07, 6.45) is 2.92. The number of nitrogens with one attached hydrogen (secondary N) is 1. The largest absolute Gasteiger partial charge is 0.399 e. The van der Waals surface area contributed by atoms with Crippen molar-refractivity contribution >= 4 is 17.4 Å². The molecule has 5 heteroatoms. The Morgan fingerprint density at radius 2 is 2.53 bits per heavy atom. The summed E-state index contributed by atoms with van der Waals surface area (Å²) >= 11 is 0. The zero-order chi connectivity index (χ0) is 10.7. The Bertz CT molecular complexity index is 361. The molecule has 1 saturated heterocycles. The number of amides is 1. The standard InChI is InChI=1S/C10H13N3O2/c11-7-3-4-12-9(6-7)13-10(14)8-2-1-5-15-8/h3-4,6,8H,1-2,5H2,(H3,11,12,13,14). The van der Waals surface area contributed by atoms with Crippen molar-refractivity contribution in [3.8, 4) is 0 Å². The predicted octanol–water partition coefficient (Wildman–Crippen LogP) is 0.781. The second kappa shape index (κ2) is 4.27. The number of nitrogen functional groups attached to an aromatic ring is 1. The van der Waals surface area contributed by atoms with Crippen LogP contribution in [0.1, 0.15) is 12.8 Å². The first-order valence-electron chi connectivity index (χ1n) is 4.90. The molecule has 1 atom stereocenters. The maximum Gasteiger partial charge on any atom is 0.254 e. The summed E-state index contributed by atoms with van der Waals surface area (Å²) in [7, 11) is 0. The summed E-state index contributed by atoms with van der Waals surface area (Å²) in [6, 6.07) is 3.29. The van der Waals surface area contributed by atoms with Crippen molar-refractivity contribution in [2.24, 2.45) is 0 Å². The van der Waals surface area contributed by atoms with Crippen LogP contribution in [0.4, 0.5) is 11.5 Å². The molecule has 0 aliphatic carbocycles. The first-order chi connectivity index (χ1) is 7.25. The van der Waals surface area contributed by atoms with E-state index in [0.29, 0.717) is 18.1 Å². The highest BCUT2D eigenvalue weighted by Crippen LogP contribution is 2.14. The number of ether oxygens (including phenoxy) is 1. The van der Waals surface area contributed by atoms with Crippen molar-refractivity contribution in [1.29, 1.82) is 0 Å². The van der Waals surface area contributed by atoms with Gasteiger partial charge < -0.3 is 15.8 Å². The van der Waals surface area contributed by atoms with E-state index in [9.17, 15) is 4.79 Å². The van der Waals surface area contributed by atoms with E-state index >= 15 is 0 Å². The van der Waals surface area contributed by atoms with E-state index in [2.05, 4.69) is 10.3 Å². The third-order valence-electron chi connectivity index (χ3n) is 2.26. The molecule has 0 aromatic carbocycles. The molecule has 2 heterocycles. The van der Waals surface area contributed by atoms with Gasteiger partial charge in [-0.1, -0.05) is 0 Å². The summed E-state index contributed by atoms with van der Waals surface area (Å²) in [6.45, 7) is 0.655. The van der Waals surface area contributed by atoms with Gasteiger partial charge in [0.05, 0.1) is 0 Å². The first-order valence-corrected chi connectivity index (χ1v) is 4.90. The Balaban J connectivity index is 1.99. The fourth-order valence-electron chi connectivity index (χ4n) is 1.51. The van der Waals surface area contributed by atoms with Crippen LogP contribution < -0.4 is 11.1 Å². The molecular formula is C10H13N3O2. The Morgan fingerprint density at radius 1 is 1.67 bits per heavy atom. The van der Waals surface area contributed by atoms with Crippen molar-refractivity contribution in [2.45, 2.75) is 18.9 Å². The maximum absolute atomic E-state index is 11.6. The molecule has 1 amide bonds. The van der Waals surface area contributed by atoms with Crippen molar-refractivity contribution in [3.05, 3.63) is 18.3 Å². The van der Waals surface area contributed by atoms with Crippen LogP contribution in [0.25, 0.3) is 0 Å². The molecule has 0 bridgehead atoms. The van der Waals surface area contributed by atoms with Gasteiger partial charge in [-0.15, -0.1) is 0 Å². The zero-order valence-corrected chi connectivity index (χ0v) is 8.27. The van der Waals surface area contributed by atoms with E-state index in [1.165, 1.54) is 0 Å². The summed E-state index contributed by atoms with van der Waals surface area (Å²) in [5.74, 6) is 0.320. The number of nitrogens with zero attached hydrogens (tertiary/aromatic N) is 1. The molecule has 3 N–H and O–H groups in total. The smallest absolute Gasteiger partial charge is 0.254 e. The normalized spacial score (nSPS) is 20.1. The molecule has 15 heavy (non-hydrogen) atoms. The van der Waals surface area contributed by atoms with Gasteiger partial charge in [-0.2, -0.15) is 0 Å². The fourth-order valence-corrected chi connectivity index (χ4v) is 1.51. The van der Waals surface area contributed by atoms with Crippen LogP contribution in [0.3, 0.4) is 0 Å². The fraction of sp³-hybridized carbons (Fsp3) is 0.400. The maximum atomic E-state index is 11.6. The van der Waals surface area contributed by atoms with Gasteiger partial charge in [0.25, 0.3) is 5.91 Å². The molecule has 1 aliphatic rings. The number of carbonyl (C=O) groups excluding carboxylic acids is 1. The molecule has 1 aromatic rings. The van der Waals surface area contributed by atoms with E-state index < -0.39 is 0 Å². The second-order valence-electron chi connectivity index (χ2n) is 3.47. The molecular weight excluding hydrogens is 194 g/mol. The summed E-state index contributed by atoms with van der Waals surface area (Å²) in [4.78, 5) is 15.6. The molecule has 0 radical (unpaired) electrons. The van der Waals surface area contributed by atoms with Crippen molar-refractivity contribution < 1.29 is 9.53 Å². The Kier molecular flexibility index (Phi) is 2.82. The third kappa shape index (κ3) is 2.44. The summed E-state index contributed by atoms with van der Waals surface area (Å²) < 4.78 is 5.25. The van der Waals surface area contributed by atoms with Gasteiger partial charge in [-0.05, 0) is 18.9 Å². The van der Waals surface area contributed by atoms with Gasteiger partial charge in [0.1, 0.15) is 11.9 Å². The Labute approximate surface area is 87.6 Å². The average Bonchev–Trinajstić information content (AvgIpc) is 2.70. The molecule has 5 nitrogen and oxygen atoms in total. The van der Waals surface area contributed by atoms with Crippen molar-refractivity contribution in [2.75, 3.05) is 17.7 Å². The molecule has 80 valence electrons. The number of aromatic nitrogens is 1. The molecule has 1 unspecified atom stereocenters. The lowest BCUT2D eigenvalue weighted by Gasteiger charge is -2.09. The molecule has 1 fully saturated rings. The van der Waals surface area contributed by atoms with Crippen LogP contribution in [0.2, 0.25) is 0 Å². The van der Waals surface area contributed by atoms with Crippen molar-refractivity contribution in [1.82, 2.24) is 4.98 Å². The van der Waals surface area contributed by atoms with Crippen LogP contribution in [0.5, 0.6) is 0 Å². The highest BCUT2D eigenvalue weighted by molar-refractivity contribution is 5.93. The van der Waals surface area contributed by atoms with Crippen LogP contribution in [-0.4, -0.2) is 23.6 Å². The number of hydrogen-bond acceptors (Lipinski definition) is 4. The van der Waals surface area contributed by atoms with Crippen molar-refractivity contribution in [3.63, 3.8) is 0 Å². The predicted molar refractivity (Wildman–Crippen MR) is 56.3 cm³/mol. The summed E-state index contributed by atoms with van der Waals surface area (Å²) in [5.41, 5.74) is 6.14. The van der Waals surface area contributed by atoms with E-state index in [4.69, 9.17) is 10.5 Å². The van der Waals surface area contributed by atoms with Gasteiger partial charge >= 0.3 is 0 Å². The molecule has 0 spiro atoms. The number of nitrogens with two attached hydrogens (primary N) is 1. The number of rotatable bonds is 2. The minimum absolute atomic E-state index is 0.148. The first kappa shape index (κ1) is 9.92. The number of anilines is 2. The van der Waals surface area contributed by atoms with Gasteiger partial charge in [0.15, 0.2) is 0 Å². The van der Waals surface area contributed by atoms with Crippen LogP contribution in [0, 0.1) is 0 Å². The topological polar surface area (TPSA) is 77.2 Å². The molecule has 0 saturated carbocycles. The summed E-state index contributed by atoms with van der Waals surface area (Å²) in [5, 5.41) is 2.67. The Hall–Kier alpha value is -1.62. The van der Waals surface area contributed by atoms with Crippen LogP contribution in [-0.2, 0) is 9.53 Å². The molecule has 1 aliphatic heterocycles. The highest BCUT2D eigenvalue weighted by Gasteiger charge is 2.23. The van der Waals surface area contributed by atoms with E-state index in [0.717, 1.165) is 12.8 Å². The van der Waals surface area contributed by atoms with Gasteiger partial charge in [-0.3, -0.25) is 4.79 Å². The van der Waals surface area contributed by atoms with E-state index in [1.807, 2.05) is 0 Å².